The number of halogens is 1. The largest absolute Gasteiger partial charge is 1.00 e. The van der Waals surface area contributed by atoms with Crippen LogP contribution < -0.4 is 22.7 Å². The Morgan fingerprint density at radius 1 is 0.682 bits per heavy atom. The molecule has 0 saturated carbocycles. The van der Waals surface area contributed by atoms with Crippen LogP contribution >= 0.6 is 12.6 Å². The lowest BCUT2D eigenvalue weighted by atomic mass is 10.0. The second-order valence-corrected chi connectivity index (χ2v) is 7.46. The molecule has 0 bridgehead atoms. The molecule has 0 amide bonds. The van der Waals surface area contributed by atoms with Gasteiger partial charge >= 0.3 is 0 Å². The first-order chi connectivity index (χ1) is 10.3. The Hall–Kier alpha value is 0.750. The standard InChI is InChI=1S/C18H38N2S.BrH/c19-18-20(15-11-9-12-16-20)14-10-7-5-3-1-2-4-6-8-13-17-21;/h1-19H2;1H. The Labute approximate surface area is 155 Å². The molecule has 1 saturated heterocycles. The van der Waals surface area contributed by atoms with Gasteiger partial charge in [-0.25, -0.2) is 0 Å². The van der Waals surface area contributed by atoms with E-state index >= 15 is 0 Å². The van der Waals surface area contributed by atoms with Crippen molar-refractivity contribution in [3.63, 3.8) is 0 Å². The molecule has 0 atom stereocenters. The molecular formula is C18H39BrN2S. The van der Waals surface area contributed by atoms with Crippen molar-refractivity contribution in [2.45, 2.75) is 83.5 Å². The van der Waals surface area contributed by atoms with E-state index in [1.807, 2.05) is 0 Å². The molecule has 1 aliphatic rings. The van der Waals surface area contributed by atoms with Gasteiger partial charge in [0.1, 0.15) is 6.67 Å². The lowest BCUT2D eigenvalue weighted by Crippen LogP contribution is -3.00. The highest BCUT2D eigenvalue weighted by atomic mass is 79.9. The third-order valence-electron chi connectivity index (χ3n) is 5.19. The smallest absolute Gasteiger partial charge is 0.130 e. The maximum Gasteiger partial charge on any atom is 0.130 e. The molecule has 22 heavy (non-hydrogen) atoms. The number of thiol groups is 1. The van der Waals surface area contributed by atoms with Crippen molar-refractivity contribution >= 4 is 12.6 Å². The molecule has 0 aliphatic carbocycles. The lowest BCUT2D eigenvalue weighted by Gasteiger charge is -2.40. The average molecular weight is 395 g/mol. The quantitative estimate of drug-likeness (QED) is 0.277. The van der Waals surface area contributed by atoms with Crippen molar-refractivity contribution in [1.29, 1.82) is 0 Å². The number of hydrogen-bond acceptors (Lipinski definition) is 2. The van der Waals surface area contributed by atoms with E-state index in [9.17, 15) is 0 Å². The maximum atomic E-state index is 6.04. The van der Waals surface area contributed by atoms with Crippen LogP contribution in [-0.4, -0.2) is 36.5 Å². The molecule has 1 heterocycles. The zero-order chi connectivity index (χ0) is 15.2. The fourth-order valence-corrected chi connectivity index (χ4v) is 3.88. The van der Waals surface area contributed by atoms with Gasteiger partial charge in [0.05, 0.1) is 19.6 Å². The summed E-state index contributed by atoms with van der Waals surface area (Å²) in [6, 6.07) is 0. The van der Waals surface area contributed by atoms with Crippen molar-refractivity contribution in [2.75, 3.05) is 32.1 Å². The fourth-order valence-electron chi connectivity index (χ4n) is 3.65. The van der Waals surface area contributed by atoms with Crippen LogP contribution in [0, 0.1) is 0 Å². The normalized spacial score (nSPS) is 17.2. The van der Waals surface area contributed by atoms with E-state index in [2.05, 4.69) is 12.6 Å². The molecule has 4 heteroatoms. The molecule has 1 fully saturated rings. The minimum absolute atomic E-state index is 0. The Kier molecular flexibility index (Phi) is 15.8. The monoisotopic (exact) mass is 394 g/mol. The highest BCUT2D eigenvalue weighted by molar-refractivity contribution is 7.80. The number of piperidine rings is 1. The van der Waals surface area contributed by atoms with Crippen molar-refractivity contribution in [3.8, 4) is 0 Å². The predicted octanol–water partition coefficient (Wildman–Crippen LogP) is 1.74. The summed E-state index contributed by atoms with van der Waals surface area (Å²) in [6.45, 7) is 4.87. The Bertz CT molecular complexity index is 233. The van der Waals surface area contributed by atoms with E-state index in [0.29, 0.717) is 0 Å². The summed E-state index contributed by atoms with van der Waals surface area (Å²) in [5, 5.41) is 0. The van der Waals surface area contributed by atoms with E-state index in [0.717, 1.165) is 12.4 Å². The van der Waals surface area contributed by atoms with E-state index in [1.54, 1.807) is 0 Å². The summed E-state index contributed by atoms with van der Waals surface area (Å²) in [5.74, 6) is 1.06. The van der Waals surface area contributed by atoms with Crippen molar-refractivity contribution in [1.82, 2.24) is 0 Å². The molecular weight excluding hydrogens is 356 g/mol. The fraction of sp³-hybridized carbons (Fsp3) is 1.00. The first kappa shape index (κ1) is 22.8. The second kappa shape index (κ2) is 15.3. The first-order valence-corrected chi connectivity index (χ1v) is 10.1. The SMILES string of the molecule is NC[N+]1(CCCCCCCCCCCCS)CCCCC1.[Br-]. The molecule has 0 aromatic carbocycles. The van der Waals surface area contributed by atoms with Gasteiger partial charge < -0.3 is 21.5 Å². The number of rotatable bonds is 13. The molecule has 1 aliphatic heterocycles. The van der Waals surface area contributed by atoms with E-state index in [4.69, 9.17) is 5.73 Å². The van der Waals surface area contributed by atoms with Gasteiger partial charge in [-0.05, 0) is 44.3 Å². The summed E-state index contributed by atoms with van der Waals surface area (Å²) in [4.78, 5) is 0. The zero-order valence-corrected chi connectivity index (χ0v) is 17.1. The van der Waals surface area contributed by atoms with Gasteiger partial charge in [-0.1, -0.05) is 44.9 Å². The number of quaternary nitrogens is 1. The molecule has 0 spiro atoms. The maximum absolute atomic E-state index is 6.04. The van der Waals surface area contributed by atoms with Crippen LogP contribution in [-0.2, 0) is 0 Å². The summed E-state index contributed by atoms with van der Waals surface area (Å²) < 4.78 is 1.21. The summed E-state index contributed by atoms with van der Waals surface area (Å²) in [6.07, 6.45) is 18.3. The molecule has 0 radical (unpaired) electrons. The molecule has 0 aromatic heterocycles. The lowest BCUT2D eigenvalue weighted by molar-refractivity contribution is -0.932. The minimum atomic E-state index is 0. The van der Waals surface area contributed by atoms with Crippen LogP contribution in [0.3, 0.4) is 0 Å². The Morgan fingerprint density at radius 3 is 1.59 bits per heavy atom. The highest BCUT2D eigenvalue weighted by Gasteiger charge is 2.27. The molecule has 2 N–H and O–H groups in total. The number of hydrogen-bond donors (Lipinski definition) is 2. The average Bonchev–Trinajstić information content (AvgIpc) is 2.53. The topological polar surface area (TPSA) is 26.0 Å². The van der Waals surface area contributed by atoms with Crippen molar-refractivity contribution in [2.24, 2.45) is 5.73 Å². The molecule has 134 valence electrons. The van der Waals surface area contributed by atoms with Crippen LogP contribution in [0.15, 0.2) is 0 Å². The Morgan fingerprint density at radius 2 is 1.14 bits per heavy atom. The number of nitrogens with zero attached hydrogens (tertiary/aromatic N) is 1. The molecule has 1 rings (SSSR count). The van der Waals surface area contributed by atoms with Crippen LogP contribution in [0.1, 0.15) is 83.5 Å². The number of likely N-dealkylation sites (tertiary alicyclic amines) is 1. The highest BCUT2D eigenvalue weighted by Crippen LogP contribution is 2.19. The van der Waals surface area contributed by atoms with Gasteiger partial charge in [-0.2, -0.15) is 12.6 Å². The third-order valence-corrected chi connectivity index (χ3v) is 5.51. The van der Waals surface area contributed by atoms with Crippen LogP contribution in [0.2, 0.25) is 0 Å². The second-order valence-electron chi connectivity index (χ2n) is 7.01. The van der Waals surface area contributed by atoms with Crippen LogP contribution in [0.4, 0.5) is 0 Å². The van der Waals surface area contributed by atoms with Crippen LogP contribution in [0.5, 0.6) is 0 Å². The number of unbranched alkanes of at least 4 members (excludes halogenated alkanes) is 9. The number of nitrogens with two attached hydrogens (primary N) is 1. The van der Waals surface area contributed by atoms with Gasteiger partial charge in [0, 0.05) is 0 Å². The van der Waals surface area contributed by atoms with E-state index in [-0.39, 0.29) is 17.0 Å². The van der Waals surface area contributed by atoms with Gasteiger partial charge in [0.15, 0.2) is 0 Å². The first-order valence-electron chi connectivity index (χ1n) is 9.49. The van der Waals surface area contributed by atoms with Gasteiger partial charge in [0.25, 0.3) is 0 Å². The minimum Gasteiger partial charge on any atom is -1.00 e. The summed E-state index contributed by atoms with van der Waals surface area (Å²) >= 11 is 4.25. The summed E-state index contributed by atoms with van der Waals surface area (Å²) in [7, 11) is 0. The summed E-state index contributed by atoms with van der Waals surface area (Å²) in [5.41, 5.74) is 6.04. The van der Waals surface area contributed by atoms with Crippen LogP contribution in [0.25, 0.3) is 0 Å². The molecule has 2 nitrogen and oxygen atoms in total. The van der Waals surface area contributed by atoms with E-state index in [1.165, 1.54) is 108 Å². The van der Waals surface area contributed by atoms with Crippen molar-refractivity contribution in [3.05, 3.63) is 0 Å². The third kappa shape index (κ3) is 10.5. The van der Waals surface area contributed by atoms with E-state index < -0.39 is 0 Å². The van der Waals surface area contributed by atoms with Gasteiger partial charge in [-0.15, -0.1) is 0 Å². The van der Waals surface area contributed by atoms with Crippen molar-refractivity contribution < 1.29 is 21.5 Å². The Balaban J connectivity index is 0.00000441. The molecule has 0 unspecified atom stereocenters. The zero-order valence-electron chi connectivity index (χ0n) is 14.6. The van der Waals surface area contributed by atoms with Gasteiger partial charge in [-0.3, -0.25) is 5.73 Å². The van der Waals surface area contributed by atoms with Gasteiger partial charge in [0.2, 0.25) is 0 Å². The molecule has 0 aromatic rings. The predicted molar refractivity (Wildman–Crippen MR) is 97.8 cm³/mol.